The Balaban J connectivity index is 1.09. The van der Waals surface area contributed by atoms with Crippen LogP contribution in [0.4, 0.5) is 0 Å². The van der Waals surface area contributed by atoms with Gasteiger partial charge >= 0.3 is 0 Å². The summed E-state index contributed by atoms with van der Waals surface area (Å²) in [5, 5.41) is 11.4. The molecule has 0 saturated heterocycles. The van der Waals surface area contributed by atoms with Gasteiger partial charge in [-0.2, -0.15) is 0 Å². The molecule has 0 aliphatic carbocycles. The molecule has 8 aromatic rings. The van der Waals surface area contributed by atoms with Crippen LogP contribution in [0.1, 0.15) is 27.8 Å². The van der Waals surface area contributed by atoms with E-state index >= 15 is 0 Å². The standard InChI is InChI=1S/C50H41N3O/c1-35-12-27-49(53-34-35)42-25-26-46(50(54)33-42)45-9-3-2-8-44(45)43-31-38(15-13-36-17-21-40(22-18-36)47-10-4-6-28-51-47)30-39(32-43)16-14-37-19-23-41(24-20-37)48-11-5-7-29-52-48/h2-12,17-34,54H,13-16H2,1H3. The van der Waals surface area contributed by atoms with Crippen LogP contribution in [0.25, 0.3) is 56.0 Å². The van der Waals surface area contributed by atoms with Crippen LogP contribution in [-0.2, 0) is 25.7 Å². The Labute approximate surface area is 317 Å². The van der Waals surface area contributed by atoms with E-state index in [0.29, 0.717) is 0 Å². The van der Waals surface area contributed by atoms with E-state index in [0.717, 1.165) is 87.3 Å². The van der Waals surface area contributed by atoms with Crippen molar-refractivity contribution in [2.45, 2.75) is 32.6 Å². The van der Waals surface area contributed by atoms with Crippen LogP contribution in [0, 0.1) is 6.92 Å². The first kappa shape index (κ1) is 34.4. The van der Waals surface area contributed by atoms with E-state index in [9.17, 15) is 5.11 Å². The van der Waals surface area contributed by atoms with Gasteiger partial charge in [0.2, 0.25) is 0 Å². The number of nitrogens with zero attached hydrogens (tertiary/aromatic N) is 3. The molecule has 0 saturated carbocycles. The van der Waals surface area contributed by atoms with Gasteiger partial charge in [0.05, 0.1) is 17.1 Å². The number of phenolic OH excluding ortho intramolecular Hbond substituents is 1. The summed E-state index contributed by atoms with van der Waals surface area (Å²) < 4.78 is 0. The maximum atomic E-state index is 11.4. The number of benzene rings is 5. The predicted octanol–water partition coefficient (Wildman–Crippen LogP) is 11.8. The number of phenols is 1. The lowest BCUT2D eigenvalue weighted by molar-refractivity contribution is 0.477. The van der Waals surface area contributed by atoms with Gasteiger partial charge in [0, 0.05) is 40.8 Å². The number of hydrogen-bond acceptors (Lipinski definition) is 4. The van der Waals surface area contributed by atoms with Crippen molar-refractivity contribution in [3.63, 3.8) is 0 Å². The highest BCUT2D eigenvalue weighted by molar-refractivity contribution is 5.87. The van der Waals surface area contributed by atoms with Gasteiger partial charge in [-0.3, -0.25) is 15.0 Å². The molecular weight excluding hydrogens is 659 g/mol. The third-order valence-corrected chi connectivity index (χ3v) is 10.0. The zero-order valence-corrected chi connectivity index (χ0v) is 30.4. The molecule has 0 atom stereocenters. The minimum absolute atomic E-state index is 0.238. The molecule has 3 aromatic heterocycles. The minimum atomic E-state index is 0.238. The minimum Gasteiger partial charge on any atom is -0.507 e. The Kier molecular flexibility index (Phi) is 10.2. The lowest BCUT2D eigenvalue weighted by Gasteiger charge is -2.16. The van der Waals surface area contributed by atoms with E-state index in [1.807, 2.05) is 98.3 Å². The van der Waals surface area contributed by atoms with E-state index in [2.05, 4.69) is 99.9 Å². The van der Waals surface area contributed by atoms with Crippen LogP contribution < -0.4 is 0 Å². The second kappa shape index (κ2) is 15.9. The summed E-state index contributed by atoms with van der Waals surface area (Å²) in [6.45, 7) is 2.02. The van der Waals surface area contributed by atoms with Crippen molar-refractivity contribution >= 4 is 0 Å². The molecule has 4 heteroatoms. The van der Waals surface area contributed by atoms with E-state index in [4.69, 9.17) is 0 Å². The first-order valence-corrected chi connectivity index (χ1v) is 18.6. The molecular formula is C50H41N3O. The normalized spacial score (nSPS) is 11.1. The monoisotopic (exact) mass is 699 g/mol. The summed E-state index contributed by atoms with van der Waals surface area (Å²) in [6.07, 6.45) is 9.21. The maximum absolute atomic E-state index is 11.4. The molecule has 0 bridgehead atoms. The van der Waals surface area contributed by atoms with Crippen LogP contribution in [0.15, 0.2) is 176 Å². The molecule has 0 fully saturated rings. The van der Waals surface area contributed by atoms with Crippen molar-refractivity contribution in [2.75, 3.05) is 0 Å². The molecule has 3 heterocycles. The van der Waals surface area contributed by atoms with Gasteiger partial charge in [-0.25, -0.2) is 0 Å². The molecule has 8 rings (SSSR count). The zero-order valence-electron chi connectivity index (χ0n) is 30.4. The van der Waals surface area contributed by atoms with Gasteiger partial charge in [-0.15, -0.1) is 0 Å². The molecule has 0 amide bonds. The highest BCUT2D eigenvalue weighted by Gasteiger charge is 2.14. The van der Waals surface area contributed by atoms with Crippen LogP contribution in [0.5, 0.6) is 5.75 Å². The first-order valence-electron chi connectivity index (χ1n) is 18.6. The van der Waals surface area contributed by atoms with E-state index in [1.54, 1.807) is 0 Å². The van der Waals surface area contributed by atoms with Crippen LogP contribution in [0.3, 0.4) is 0 Å². The molecule has 0 radical (unpaired) electrons. The average molecular weight is 700 g/mol. The quantitative estimate of drug-likeness (QED) is 0.146. The number of pyridine rings is 3. The Bertz CT molecular complexity index is 2370. The first-order chi connectivity index (χ1) is 26.6. The summed E-state index contributed by atoms with van der Waals surface area (Å²) in [5.74, 6) is 0.238. The Morgan fingerprint density at radius 1 is 0.389 bits per heavy atom. The van der Waals surface area contributed by atoms with E-state index in [-0.39, 0.29) is 5.75 Å². The van der Waals surface area contributed by atoms with Gasteiger partial charge in [0.25, 0.3) is 0 Å². The highest BCUT2D eigenvalue weighted by Crippen LogP contribution is 2.39. The number of aromatic hydroxyl groups is 1. The molecule has 4 nitrogen and oxygen atoms in total. The van der Waals surface area contributed by atoms with Gasteiger partial charge in [-0.05, 0) is 120 Å². The van der Waals surface area contributed by atoms with Crippen molar-refractivity contribution in [1.82, 2.24) is 15.0 Å². The smallest absolute Gasteiger partial charge is 0.124 e. The summed E-state index contributed by atoms with van der Waals surface area (Å²) in [5.41, 5.74) is 16.3. The van der Waals surface area contributed by atoms with E-state index in [1.165, 1.54) is 22.3 Å². The Morgan fingerprint density at radius 3 is 1.43 bits per heavy atom. The van der Waals surface area contributed by atoms with Gasteiger partial charge in [0.15, 0.2) is 0 Å². The van der Waals surface area contributed by atoms with E-state index < -0.39 is 0 Å². The van der Waals surface area contributed by atoms with Crippen LogP contribution in [-0.4, -0.2) is 20.1 Å². The highest BCUT2D eigenvalue weighted by atomic mass is 16.3. The number of hydrogen-bond donors (Lipinski definition) is 1. The summed E-state index contributed by atoms with van der Waals surface area (Å²) in [7, 11) is 0. The SMILES string of the molecule is Cc1ccc(-c2ccc(-c3ccccc3-c3cc(CCc4ccc(-c5ccccn5)cc4)cc(CCc4ccc(-c5ccccn5)cc4)c3)c(O)c2)nc1. The molecule has 0 unspecified atom stereocenters. The second-order valence-corrected chi connectivity index (χ2v) is 13.9. The average Bonchev–Trinajstić information content (AvgIpc) is 3.23. The third kappa shape index (κ3) is 8.04. The van der Waals surface area contributed by atoms with Crippen LogP contribution >= 0.6 is 0 Å². The van der Waals surface area contributed by atoms with Gasteiger partial charge in [0.1, 0.15) is 5.75 Å². The van der Waals surface area contributed by atoms with Crippen molar-refractivity contribution in [1.29, 1.82) is 0 Å². The number of rotatable bonds is 11. The summed E-state index contributed by atoms with van der Waals surface area (Å²) >= 11 is 0. The summed E-state index contributed by atoms with van der Waals surface area (Å²) in [6, 6.07) is 54.9. The molecule has 5 aromatic carbocycles. The second-order valence-electron chi connectivity index (χ2n) is 13.9. The molecule has 0 spiro atoms. The lowest BCUT2D eigenvalue weighted by Crippen LogP contribution is -1.98. The van der Waals surface area contributed by atoms with Crippen LogP contribution in [0.2, 0.25) is 0 Å². The lowest BCUT2D eigenvalue weighted by atomic mass is 9.89. The fourth-order valence-electron chi connectivity index (χ4n) is 7.06. The molecule has 54 heavy (non-hydrogen) atoms. The Morgan fingerprint density at radius 2 is 0.907 bits per heavy atom. The molecule has 0 aliphatic rings. The molecule has 262 valence electrons. The topological polar surface area (TPSA) is 58.9 Å². The predicted molar refractivity (Wildman–Crippen MR) is 221 cm³/mol. The van der Waals surface area contributed by atoms with Crippen molar-refractivity contribution in [3.05, 3.63) is 204 Å². The van der Waals surface area contributed by atoms with Crippen molar-refractivity contribution in [2.24, 2.45) is 0 Å². The van der Waals surface area contributed by atoms with Gasteiger partial charge < -0.3 is 5.11 Å². The molecule has 1 N–H and O–H groups in total. The summed E-state index contributed by atoms with van der Waals surface area (Å²) in [4.78, 5) is 13.6. The largest absolute Gasteiger partial charge is 0.507 e. The van der Waals surface area contributed by atoms with Crippen molar-refractivity contribution in [3.8, 4) is 61.8 Å². The molecule has 0 aliphatic heterocycles. The fourth-order valence-corrected chi connectivity index (χ4v) is 7.06. The maximum Gasteiger partial charge on any atom is 0.124 e. The zero-order chi connectivity index (χ0) is 36.7. The number of aromatic nitrogens is 3. The fraction of sp³-hybridized carbons (Fsp3) is 0.100. The Hall–Kier alpha value is -6.65. The van der Waals surface area contributed by atoms with Gasteiger partial charge in [-0.1, -0.05) is 115 Å². The number of aryl methyl sites for hydroxylation is 5. The van der Waals surface area contributed by atoms with Crippen molar-refractivity contribution < 1.29 is 5.11 Å². The third-order valence-electron chi connectivity index (χ3n) is 10.0.